The van der Waals surface area contributed by atoms with E-state index in [1.54, 1.807) is 24.3 Å². The molecule has 1 aromatic carbocycles. The minimum Gasteiger partial charge on any atom is -0.484 e. The standard InChI is InChI=1S/C14H22N2O3/c1-10(2)13(7-8-17)16-14(18)9-19-12-5-3-11(15)4-6-12/h3-6,10,13,17H,7-9,15H2,1-2H3,(H,16,18). The van der Waals surface area contributed by atoms with E-state index in [0.717, 1.165) is 0 Å². The number of nitrogen functional groups attached to an aromatic ring is 1. The fraction of sp³-hybridized carbons (Fsp3) is 0.500. The van der Waals surface area contributed by atoms with Gasteiger partial charge in [0.05, 0.1) is 0 Å². The zero-order chi connectivity index (χ0) is 14.3. The van der Waals surface area contributed by atoms with Crippen LogP contribution in [0.3, 0.4) is 0 Å². The molecule has 0 aliphatic heterocycles. The smallest absolute Gasteiger partial charge is 0.258 e. The van der Waals surface area contributed by atoms with E-state index in [-0.39, 0.29) is 31.1 Å². The molecule has 19 heavy (non-hydrogen) atoms. The molecule has 0 bridgehead atoms. The third kappa shape index (κ3) is 5.61. The Morgan fingerprint density at radius 2 is 2.00 bits per heavy atom. The summed E-state index contributed by atoms with van der Waals surface area (Å²) in [6.07, 6.45) is 0.547. The van der Waals surface area contributed by atoms with Crippen molar-refractivity contribution in [3.05, 3.63) is 24.3 Å². The van der Waals surface area contributed by atoms with Gasteiger partial charge in [-0.05, 0) is 36.6 Å². The Kier molecular flexibility index (Phi) is 6.15. The molecule has 0 fully saturated rings. The van der Waals surface area contributed by atoms with Gasteiger partial charge in [-0.1, -0.05) is 13.8 Å². The summed E-state index contributed by atoms with van der Waals surface area (Å²) < 4.78 is 5.35. The summed E-state index contributed by atoms with van der Waals surface area (Å²) in [7, 11) is 0. The summed E-state index contributed by atoms with van der Waals surface area (Å²) in [5.74, 6) is 0.684. The van der Waals surface area contributed by atoms with E-state index in [4.69, 9.17) is 15.6 Å². The molecule has 0 aliphatic rings. The van der Waals surface area contributed by atoms with Crippen LogP contribution in [0.15, 0.2) is 24.3 Å². The Morgan fingerprint density at radius 1 is 1.37 bits per heavy atom. The normalized spacial score (nSPS) is 12.2. The van der Waals surface area contributed by atoms with Gasteiger partial charge in [-0.3, -0.25) is 4.79 Å². The minimum atomic E-state index is -0.191. The maximum absolute atomic E-state index is 11.7. The molecule has 0 aliphatic carbocycles. The van der Waals surface area contributed by atoms with Gasteiger partial charge in [-0.15, -0.1) is 0 Å². The van der Waals surface area contributed by atoms with Crippen LogP contribution in [-0.4, -0.2) is 30.3 Å². The molecule has 106 valence electrons. The number of carbonyl (C=O) groups is 1. The third-order valence-corrected chi connectivity index (χ3v) is 2.84. The van der Waals surface area contributed by atoms with Gasteiger partial charge in [0.15, 0.2) is 6.61 Å². The van der Waals surface area contributed by atoms with Crippen LogP contribution in [0.1, 0.15) is 20.3 Å². The average molecular weight is 266 g/mol. The third-order valence-electron chi connectivity index (χ3n) is 2.84. The highest BCUT2D eigenvalue weighted by atomic mass is 16.5. The highest BCUT2D eigenvalue weighted by molar-refractivity contribution is 5.77. The van der Waals surface area contributed by atoms with Crippen LogP contribution in [-0.2, 0) is 4.79 Å². The lowest BCUT2D eigenvalue weighted by Gasteiger charge is -2.21. The Morgan fingerprint density at radius 3 is 2.53 bits per heavy atom. The molecule has 0 radical (unpaired) electrons. The second kappa shape index (κ2) is 7.63. The van der Waals surface area contributed by atoms with Gasteiger partial charge in [-0.2, -0.15) is 0 Å². The highest BCUT2D eigenvalue weighted by Crippen LogP contribution is 2.13. The highest BCUT2D eigenvalue weighted by Gasteiger charge is 2.15. The monoisotopic (exact) mass is 266 g/mol. The van der Waals surface area contributed by atoms with Crippen LogP contribution in [0.4, 0.5) is 5.69 Å². The molecule has 5 heteroatoms. The van der Waals surface area contributed by atoms with Gasteiger partial charge in [0.1, 0.15) is 5.75 Å². The minimum absolute atomic E-state index is 0.0347. The summed E-state index contributed by atoms with van der Waals surface area (Å²) in [6.45, 7) is 4.02. The van der Waals surface area contributed by atoms with Gasteiger partial charge >= 0.3 is 0 Å². The second-order valence-corrected chi connectivity index (χ2v) is 4.79. The van der Waals surface area contributed by atoms with E-state index < -0.39 is 0 Å². The summed E-state index contributed by atoms with van der Waals surface area (Å²) in [5, 5.41) is 11.8. The molecule has 1 atom stereocenters. The second-order valence-electron chi connectivity index (χ2n) is 4.79. The molecule has 0 spiro atoms. The summed E-state index contributed by atoms with van der Waals surface area (Å²) in [6, 6.07) is 6.84. The fourth-order valence-electron chi connectivity index (χ4n) is 1.67. The van der Waals surface area contributed by atoms with E-state index in [9.17, 15) is 4.79 Å². The maximum atomic E-state index is 11.7. The quantitative estimate of drug-likeness (QED) is 0.647. The number of anilines is 1. The van der Waals surface area contributed by atoms with Gasteiger partial charge in [0.25, 0.3) is 5.91 Å². The maximum Gasteiger partial charge on any atom is 0.258 e. The number of hydrogen-bond acceptors (Lipinski definition) is 4. The number of nitrogens with two attached hydrogens (primary N) is 1. The molecule has 1 aromatic rings. The zero-order valence-electron chi connectivity index (χ0n) is 11.4. The van der Waals surface area contributed by atoms with Crippen molar-refractivity contribution in [1.29, 1.82) is 0 Å². The fourth-order valence-corrected chi connectivity index (χ4v) is 1.67. The molecular weight excluding hydrogens is 244 g/mol. The topological polar surface area (TPSA) is 84.6 Å². The van der Waals surface area contributed by atoms with E-state index in [2.05, 4.69) is 5.32 Å². The largest absolute Gasteiger partial charge is 0.484 e. The van der Waals surface area contributed by atoms with E-state index in [1.165, 1.54) is 0 Å². The van der Waals surface area contributed by atoms with Gasteiger partial charge in [0.2, 0.25) is 0 Å². The van der Waals surface area contributed by atoms with Crippen molar-refractivity contribution in [1.82, 2.24) is 5.32 Å². The Balaban J connectivity index is 2.40. The lowest BCUT2D eigenvalue weighted by molar-refractivity contribution is -0.124. The molecule has 0 aromatic heterocycles. The number of rotatable bonds is 7. The zero-order valence-corrected chi connectivity index (χ0v) is 11.4. The predicted molar refractivity (Wildman–Crippen MR) is 74.8 cm³/mol. The van der Waals surface area contributed by atoms with E-state index in [1.807, 2.05) is 13.8 Å². The number of carbonyl (C=O) groups excluding carboxylic acids is 1. The van der Waals surface area contributed by atoms with Crippen molar-refractivity contribution < 1.29 is 14.6 Å². The van der Waals surface area contributed by atoms with Crippen LogP contribution < -0.4 is 15.8 Å². The van der Waals surface area contributed by atoms with Crippen molar-refractivity contribution in [2.24, 2.45) is 5.92 Å². The predicted octanol–water partition coefficient (Wildman–Crippen LogP) is 1.17. The number of benzene rings is 1. The summed E-state index contributed by atoms with van der Waals surface area (Å²) in [4.78, 5) is 11.7. The van der Waals surface area contributed by atoms with Crippen molar-refractivity contribution in [2.75, 3.05) is 18.9 Å². The van der Waals surface area contributed by atoms with Crippen molar-refractivity contribution in [3.8, 4) is 5.75 Å². The first-order valence-corrected chi connectivity index (χ1v) is 6.41. The molecule has 0 heterocycles. The molecule has 4 N–H and O–H groups in total. The Bertz CT molecular complexity index is 390. The van der Waals surface area contributed by atoms with Gasteiger partial charge < -0.3 is 20.9 Å². The molecule has 0 saturated heterocycles. The lowest BCUT2D eigenvalue weighted by atomic mass is 10.0. The molecule has 1 rings (SSSR count). The lowest BCUT2D eigenvalue weighted by Crippen LogP contribution is -2.41. The average Bonchev–Trinajstić information content (AvgIpc) is 2.37. The SMILES string of the molecule is CC(C)C(CCO)NC(=O)COc1ccc(N)cc1. The van der Waals surface area contributed by atoms with Crippen LogP contribution in [0.5, 0.6) is 5.75 Å². The first-order chi connectivity index (χ1) is 9.02. The van der Waals surface area contributed by atoms with Crippen LogP contribution in [0.25, 0.3) is 0 Å². The number of hydrogen-bond donors (Lipinski definition) is 3. The molecular formula is C14H22N2O3. The number of amides is 1. The van der Waals surface area contributed by atoms with Crippen molar-refractivity contribution in [3.63, 3.8) is 0 Å². The van der Waals surface area contributed by atoms with Crippen LogP contribution in [0.2, 0.25) is 0 Å². The van der Waals surface area contributed by atoms with E-state index in [0.29, 0.717) is 17.9 Å². The first-order valence-electron chi connectivity index (χ1n) is 6.41. The first kappa shape index (κ1) is 15.3. The summed E-state index contributed by atoms with van der Waals surface area (Å²) >= 11 is 0. The Hall–Kier alpha value is -1.75. The molecule has 1 amide bonds. The van der Waals surface area contributed by atoms with Crippen molar-refractivity contribution in [2.45, 2.75) is 26.3 Å². The number of ether oxygens (including phenoxy) is 1. The Labute approximate surface area is 113 Å². The molecule has 0 saturated carbocycles. The number of nitrogens with one attached hydrogen (secondary N) is 1. The van der Waals surface area contributed by atoms with Gasteiger partial charge in [0, 0.05) is 18.3 Å². The van der Waals surface area contributed by atoms with Crippen LogP contribution >= 0.6 is 0 Å². The number of aliphatic hydroxyl groups is 1. The molecule has 5 nitrogen and oxygen atoms in total. The molecule has 1 unspecified atom stereocenters. The van der Waals surface area contributed by atoms with Crippen molar-refractivity contribution >= 4 is 11.6 Å². The van der Waals surface area contributed by atoms with Gasteiger partial charge in [-0.25, -0.2) is 0 Å². The number of aliphatic hydroxyl groups excluding tert-OH is 1. The van der Waals surface area contributed by atoms with E-state index >= 15 is 0 Å². The summed E-state index contributed by atoms with van der Waals surface area (Å²) in [5.41, 5.74) is 6.21. The van der Waals surface area contributed by atoms with Crippen LogP contribution in [0, 0.1) is 5.92 Å².